The van der Waals surface area contributed by atoms with Crippen molar-refractivity contribution in [3.8, 4) is 5.75 Å². The Morgan fingerprint density at radius 3 is 2.43 bits per heavy atom. The molecule has 7 heteroatoms. The second kappa shape index (κ2) is 9.02. The number of benzene rings is 3. The minimum absolute atomic E-state index is 0.132. The summed E-state index contributed by atoms with van der Waals surface area (Å²) in [5.74, 6) is -0.150. The van der Waals surface area contributed by atoms with E-state index in [0.29, 0.717) is 5.75 Å². The zero-order valence-electron chi connectivity index (χ0n) is 15.7. The standard InChI is InChI=1S/C21H22NO5P/c1-16(21(23)26-15-17-9-4-3-5-10-17)22-28(24,25-2)27-20-14-8-12-18-11-6-7-13-19(18)20/h3-14,16H,15H2,1-2H3,(H,22,24)/t16-,28?/m0/s1. The largest absolute Gasteiger partial charge is 0.460 e. The molecule has 0 spiro atoms. The smallest absolute Gasteiger partial charge is 0.459 e. The molecule has 0 aliphatic heterocycles. The maximum Gasteiger partial charge on any atom is 0.459 e. The number of hydrogen-bond acceptors (Lipinski definition) is 5. The lowest BCUT2D eigenvalue weighted by atomic mass is 10.1. The Labute approximate surface area is 164 Å². The summed E-state index contributed by atoms with van der Waals surface area (Å²) < 4.78 is 29.0. The molecule has 1 N–H and O–H groups in total. The molecule has 28 heavy (non-hydrogen) atoms. The zero-order chi connectivity index (χ0) is 20.0. The van der Waals surface area contributed by atoms with Crippen molar-refractivity contribution < 1.29 is 23.1 Å². The highest BCUT2D eigenvalue weighted by Gasteiger charge is 2.31. The van der Waals surface area contributed by atoms with Gasteiger partial charge in [0.15, 0.2) is 0 Å². The zero-order valence-corrected chi connectivity index (χ0v) is 16.6. The summed E-state index contributed by atoms with van der Waals surface area (Å²) >= 11 is 0. The van der Waals surface area contributed by atoms with Crippen molar-refractivity contribution in [3.63, 3.8) is 0 Å². The first-order chi connectivity index (χ1) is 13.5. The maximum absolute atomic E-state index is 13.0. The Morgan fingerprint density at radius 2 is 1.68 bits per heavy atom. The Hall–Kier alpha value is -2.66. The van der Waals surface area contributed by atoms with Gasteiger partial charge in [0.25, 0.3) is 0 Å². The first-order valence-electron chi connectivity index (χ1n) is 8.82. The van der Waals surface area contributed by atoms with E-state index in [9.17, 15) is 9.36 Å². The van der Waals surface area contributed by atoms with Crippen molar-refractivity contribution in [1.29, 1.82) is 0 Å². The summed E-state index contributed by atoms with van der Waals surface area (Å²) in [7, 11) is -2.52. The first-order valence-corrected chi connectivity index (χ1v) is 10.4. The van der Waals surface area contributed by atoms with Gasteiger partial charge in [-0.3, -0.25) is 9.32 Å². The van der Waals surface area contributed by atoms with Crippen molar-refractivity contribution >= 4 is 24.5 Å². The normalized spacial score (nSPS) is 14.2. The molecule has 2 atom stereocenters. The molecule has 3 aromatic rings. The molecule has 0 aliphatic rings. The highest BCUT2D eigenvalue weighted by molar-refractivity contribution is 7.52. The van der Waals surface area contributed by atoms with Crippen LogP contribution in [0.4, 0.5) is 0 Å². The highest BCUT2D eigenvalue weighted by Crippen LogP contribution is 2.45. The molecular weight excluding hydrogens is 377 g/mol. The van der Waals surface area contributed by atoms with E-state index in [1.807, 2.05) is 60.7 Å². The Balaban J connectivity index is 1.67. The number of carbonyl (C=O) groups is 1. The summed E-state index contributed by atoms with van der Waals surface area (Å²) in [5, 5.41) is 4.37. The molecule has 0 radical (unpaired) electrons. The SMILES string of the molecule is COP(=O)(N[C@@H](C)C(=O)OCc1ccccc1)Oc1cccc2ccccc12. The minimum atomic E-state index is -3.78. The van der Waals surface area contributed by atoms with Crippen molar-refractivity contribution in [3.05, 3.63) is 78.4 Å². The van der Waals surface area contributed by atoms with Gasteiger partial charge < -0.3 is 9.26 Å². The third-order valence-electron chi connectivity index (χ3n) is 4.14. The highest BCUT2D eigenvalue weighted by atomic mass is 31.2. The summed E-state index contributed by atoms with van der Waals surface area (Å²) in [6.45, 7) is 1.68. The molecule has 0 aliphatic carbocycles. The van der Waals surface area contributed by atoms with Crippen LogP contribution < -0.4 is 9.61 Å². The Kier molecular flexibility index (Phi) is 6.47. The van der Waals surface area contributed by atoms with E-state index in [1.165, 1.54) is 7.11 Å². The average Bonchev–Trinajstić information content (AvgIpc) is 2.73. The molecule has 0 heterocycles. The molecule has 0 amide bonds. The lowest BCUT2D eigenvalue weighted by Crippen LogP contribution is -2.34. The fourth-order valence-electron chi connectivity index (χ4n) is 2.66. The molecule has 0 bridgehead atoms. The Morgan fingerprint density at radius 1 is 1.00 bits per heavy atom. The average molecular weight is 399 g/mol. The van der Waals surface area contributed by atoms with Gasteiger partial charge in [-0.25, -0.2) is 4.57 Å². The molecule has 3 aromatic carbocycles. The predicted octanol–water partition coefficient (Wildman–Crippen LogP) is 4.69. The number of esters is 1. The summed E-state index contributed by atoms with van der Waals surface area (Å²) in [4.78, 5) is 12.3. The maximum atomic E-state index is 13.0. The van der Waals surface area contributed by atoms with Crippen LogP contribution in [0.2, 0.25) is 0 Å². The van der Waals surface area contributed by atoms with Crippen molar-refractivity contribution in [1.82, 2.24) is 5.09 Å². The monoisotopic (exact) mass is 399 g/mol. The van der Waals surface area contributed by atoms with E-state index in [0.717, 1.165) is 16.3 Å². The molecule has 1 unspecified atom stereocenters. The van der Waals surface area contributed by atoms with Crippen LogP contribution >= 0.6 is 7.75 Å². The predicted molar refractivity (Wildman–Crippen MR) is 108 cm³/mol. The van der Waals surface area contributed by atoms with Gasteiger partial charge in [0, 0.05) is 12.5 Å². The summed E-state index contributed by atoms with van der Waals surface area (Å²) in [6.07, 6.45) is 0. The fraction of sp³-hybridized carbons (Fsp3) is 0.190. The molecule has 0 fully saturated rings. The topological polar surface area (TPSA) is 73.9 Å². The van der Waals surface area contributed by atoms with Gasteiger partial charge in [0.1, 0.15) is 18.4 Å². The van der Waals surface area contributed by atoms with Gasteiger partial charge in [-0.2, -0.15) is 5.09 Å². The van der Waals surface area contributed by atoms with Crippen LogP contribution in [0.15, 0.2) is 72.8 Å². The van der Waals surface area contributed by atoms with Gasteiger partial charge in [-0.15, -0.1) is 0 Å². The van der Waals surface area contributed by atoms with E-state index < -0.39 is 19.8 Å². The van der Waals surface area contributed by atoms with Crippen LogP contribution in [0.25, 0.3) is 10.8 Å². The number of fused-ring (bicyclic) bond motifs is 1. The number of hydrogen-bond donors (Lipinski definition) is 1. The second-order valence-electron chi connectivity index (χ2n) is 6.19. The lowest BCUT2D eigenvalue weighted by molar-refractivity contribution is -0.146. The molecule has 6 nitrogen and oxygen atoms in total. The van der Waals surface area contributed by atoms with Crippen LogP contribution in [0.3, 0.4) is 0 Å². The van der Waals surface area contributed by atoms with E-state index in [2.05, 4.69) is 5.09 Å². The van der Waals surface area contributed by atoms with Crippen LogP contribution in [-0.4, -0.2) is 19.1 Å². The molecule has 0 aromatic heterocycles. The van der Waals surface area contributed by atoms with Crippen LogP contribution in [0.1, 0.15) is 12.5 Å². The van der Waals surface area contributed by atoms with Gasteiger partial charge in [-0.05, 0) is 23.9 Å². The van der Waals surface area contributed by atoms with Gasteiger partial charge >= 0.3 is 13.7 Å². The summed E-state index contributed by atoms with van der Waals surface area (Å²) in [6, 6.07) is 21.4. The first kappa shape index (κ1) is 20.1. The van der Waals surface area contributed by atoms with Crippen molar-refractivity contribution in [2.45, 2.75) is 19.6 Å². The van der Waals surface area contributed by atoms with Crippen molar-refractivity contribution in [2.24, 2.45) is 0 Å². The van der Waals surface area contributed by atoms with Gasteiger partial charge in [0.05, 0.1) is 0 Å². The van der Waals surface area contributed by atoms with E-state index >= 15 is 0 Å². The quantitative estimate of drug-likeness (QED) is 0.437. The molecular formula is C21H22NO5P. The van der Waals surface area contributed by atoms with Crippen molar-refractivity contribution in [2.75, 3.05) is 7.11 Å². The van der Waals surface area contributed by atoms with E-state index in [4.69, 9.17) is 13.8 Å². The van der Waals surface area contributed by atoms with Crippen LogP contribution in [0.5, 0.6) is 5.75 Å². The Bertz CT molecular complexity index is 987. The third-order valence-corrected chi connectivity index (χ3v) is 5.76. The molecule has 0 saturated heterocycles. The van der Waals surface area contributed by atoms with E-state index in [-0.39, 0.29) is 6.61 Å². The van der Waals surface area contributed by atoms with Crippen LogP contribution in [-0.2, 0) is 25.2 Å². The molecule has 146 valence electrons. The number of ether oxygens (including phenoxy) is 1. The van der Waals surface area contributed by atoms with Gasteiger partial charge in [0.2, 0.25) is 0 Å². The fourth-order valence-corrected chi connectivity index (χ4v) is 3.90. The number of carbonyl (C=O) groups excluding carboxylic acids is 1. The number of nitrogens with one attached hydrogen (secondary N) is 1. The van der Waals surface area contributed by atoms with Crippen LogP contribution in [0, 0.1) is 0 Å². The van der Waals surface area contributed by atoms with E-state index in [1.54, 1.807) is 19.1 Å². The third kappa shape index (κ3) is 4.98. The summed E-state index contributed by atoms with van der Waals surface area (Å²) in [5.41, 5.74) is 0.866. The minimum Gasteiger partial charge on any atom is -0.460 e. The molecule has 0 saturated carbocycles. The lowest BCUT2D eigenvalue weighted by Gasteiger charge is -2.22. The number of rotatable bonds is 8. The van der Waals surface area contributed by atoms with Gasteiger partial charge in [-0.1, -0.05) is 66.7 Å². The molecule has 3 rings (SSSR count). The second-order valence-corrected chi connectivity index (χ2v) is 7.99.